The molecular formula is C111H210N10O18S9. The summed E-state index contributed by atoms with van der Waals surface area (Å²) >= 11 is 0. The fourth-order valence-corrected chi connectivity index (χ4v) is 34.0. The van der Waals surface area contributed by atoms with Crippen molar-refractivity contribution in [3.63, 3.8) is 0 Å². The first-order valence-electron chi connectivity index (χ1n) is 56.1. The first-order valence-corrected chi connectivity index (χ1v) is 70.2. The van der Waals surface area contributed by atoms with E-state index in [4.69, 9.17) is 0 Å². The third-order valence-corrected chi connectivity index (χ3v) is 49.8. The molecule has 2 aromatic rings. The summed E-state index contributed by atoms with van der Waals surface area (Å²) in [6.45, 7) is 76.5. The van der Waals surface area contributed by atoms with Crippen molar-refractivity contribution in [2.75, 3.05) is 141 Å². The summed E-state index contributed by atoms with van der Waals surface area (Å²) in [4.78, 5) is 0.410. The molecule has 1 aliphatic carbocycles. The van der Waals surface area contributed by atoms with E-state index >= 15 is 0 Å². The minimum atomic E-state index is -3.31. The lowest BCUT2D eigenvalue weighted by atomic mass is 9.87. The Morgan fingerprint density at radius 3 is 0.824 bits per heavy atom. The van der Waals surface area contributed by atoms with Crippen LogP contribution >= 0.6 is 0 Å². The molecule has 1 unspecified atom stereocenters. The van der Waals surface area contributed by atoms with E-state index in [9.17, 15) is 75.8 Å². The molecule has 10 aliphatic rings. The summed E-state index contributed by atoms with van der Waals surface area (Å²) in [6, 6.07) is 18.1. The minimum absolute atomic E-state index is 0.125. The van der Waals surface area contributed by atoms with Gasteiger partial charge in [0.2, 0.25) is 80.2 Å². The number of benzene rings is 2. The van der Waals surface area contributed by atoms with Crippen molar-refractivity contribution in [2.45, 2.75) is 356 Å². The number of sulfonamides is 8. The number of allylic oxidation sites excluding steroid dienone is 3. The van der Waals surface area contributed by atoms with Gasteiger partial charge in [-0.25, -0.2) is 97.5 Å². The molecule has 2 aromatic carbocycles. The maximum atomic E-state index is 12.4. The van der Waals surface area contributed by atoms with E-state index in [1.165, 1.54) is 6.26 Å². The van der Waals surface area contributed by atoms with Crippen molar-refractivity contribution < 1.29 is 75.8 Å². The quantitative estimate of drug-likeness (QED) is 0.0868. The van der Waals surface area contributed by atoms with Gasteiger partial charge in [0.1, 0.15) is 0 Å². The molecule has 28 nitrogen and oxygen atoms in total. The highest BCUT2D eigenvalue weighted by atomic mass is 32.2. The average molecular weight is 2260 g/mol. The highest BCUT2D eigenvalue weighted by Crippen LogP contribution is 2.37. The summed E-state index contributed by atoms with van der Waals surface area (Å²) in [7, 11) is -27.9. The van der Waals surface area contributed by atoms with Crippen molar-refractivity contribution in [3.8, 4) is 0 Å². The first kappa shape index (κ1) is 137. The van der Waals surface area contributed by atoms with Crippen LogP contribution in [-0.2, 0) is 96.1 Å². The number of hydrogen-bond acceptors (Lipinski definition) is 18. The molecule has 0 radical (unpaired) electrons. The fraction of sp³-hybridized carbons (Fsp3) is 0.856. The lowest BCUT2D eigenvalue weighted by Gasteiger charge is -2.36. The molecule has 0 aromatic heterocycles. The zero-order valence-corrected chi connectivity index (χ0v) is 105. The third-order valence-electron chi connectivity index (χ3n) is 31.9. The third kappa shape index (κ3) is 46.9. The van der Waals surface area contributed by atoms with Crippen molar-refractivity contribution in [1.29, 1.82) is 0 Å². The summed E-state index contributed by atoms with van der Waals surface area (Å²) < 4.78 is 233. The Hall–Kier alpha value is -2.93. The number of nitrogens with one attached hydrogen (secondary N) is 1. The van der Waals surface area contributed by atoms with Gasteiger partial charge < -0.3 is 0 Å². The van der Waals surface area contributed by atoms with Gasteiger partial charge in [-0.15, -0.1) is 0 Å². The normalized spacial score (nSPS) is 21.5. The van der Waals surface area contributed by atoms with E-state index in [0.29, 0.717) is 222 Å². The Morgan fingerprint density at radius 1 is 0.311 bits per heavy atom. The van der Waals surface area contributed by atoms with Crippen LogP contribution < -0.4 is 4.72 Å². The van der Waals surface area contributed by atoms with Crippen molar-refractivity contribution in [3.05, 3.63) is 90.0 Å². The van der Waals surface area contributed by atoms with Gasteiger partial charge in [-0.05, 0) is 319 Å². The van der Waals surface area contributed by atoms with Crippen LogP contribution in [0, 0.1) is 118 Å². The van der Waals surface area contributed by atoms with Crippen LogP contribution in [0.3, 0.4) is 0 Å². The van der Waals surface area contributed by atoms with Crippen molar-refractivity contribution in [1.82, 2.24) is 43.5 Å². The lowest BCUT2D eigenvalue weighted by Crippen LogP contribution is -2.51. The molecule has 1 N–H and O–H groups in total. The predicted molar refractivity (Wildman–Crippen MR) is 617 cm³/mol. The van der Waals surface area contributed by atoms with Gasteiger partial charge in [-0.1, -0.05) is 219 Å². The second-order valence-electron chi connectivity index (χ2n) is 50.1. The molecule has 0 amide bonds. The molecule has 0 spiro atoms. The number of nitrogens with zero attached hydrogens (tertiary/aromatic N) is 9. The molecular weight excluding hydrogens is 2050 g/mol. The Morgan fingerprint density at radius 2 is 0.568 bits per heavy atom. The fourth-order valence-electron chi connectivity index (χ4n) is 21.0. The second kappa shape index (κ2) is 61.4. The standard InChI is InChI=1S/C15H25NO2S.C15H23NO2S.C14H21NO2S.C13H27NO2S.C12H26N2O2S.C12H25NO2S.C11H23NO2S.C10H21NO2S.C9H19NO2S/c1-12(2)15-6-8-16(9-7-15)19(17,18)11-14-5-4-13(3)10-14;1-13(2)15-8-10-16(11-9-15)19(17,18)12-14-6-4-3-5-7-14;1-12(2)13-8-10-15(11-9-13)18(16,17)14-6-4-3-5-7-14;1-11(2)12-6-8-14(9-7-12)17(15,16)10-13(3,4)5;1-10(2)11-6-8-14(9-7-11)17(15,16)13-12(3,4)5;1-10(2)11-6-8-13(9-7-11)16(14,15)12(3,4)5;1-9(2)11-5-7-12(8-6-11)15(13,14)10(3)4;1-4-14(12,13)11-7-5-10(6-8-11)9(2)3;1-8(2)9-4-6-10(7-5-9)13(3,11)12/h4-5,10,12-13,15H,6-9,11H2,1-3H3;3-7,13,15H,8-12H2,1-2H3;3-7,12-13H,8-11H2,1-2H3;11-12H,6-10H2,1-5H3;10-11,13H,6-9H2,1-5H3;10-11H,6-9H2,1-5H3;9-11H,5-8H2,1-4H3;9-10H,4-8H2,1-3H3;8-9H,4-7H2,1-3H3. The van der Waals surface area contributed by atoms with Crippen LogP contribution in [0.25, 0.3) is 0 Å². The molecule has 866 valence electrons. The average Bonchev–Trinajstić information content (AvgIpc) is 0.834. The molecule has 9 saturated heterocycles. The Balaban J connectivity index is 0.000000347. The van der Waals surface area contributed by atoms with E-state index in [2.05, 4.69) is 142 Å². The molecule has 148 heavy (non-hydrogen) atoms. The van der Waals surface area contributed by atoms with Crippen LogP contribution in [0.2, 0.25) is 0 Å². The van der Waals surface area contributed by atoms with E-state index in [0.717, 1.165) is 140 Å². The highest BCUT2D eigenvalue weighted by Gasteiger charge is 2.42. The molecule has 9 aliphatic heterocycles. The maximum Gasteiger partial charge on any atom is 0.279 e. The van der Waals surface area contributed by atoms with Crippen LogP contribution in [0.4, 0.5) is 0 Å². The molecule has 12 rings (SSSR count). The highest BCUT2D eigenvalue weighted by molar-refractivity contribution is 7.91. The smallest absolute Gasteiger partial charge is 0.213 e. The van der Waals surface area contributed by atoms with Gasteiger partial charge in [-0.3, -0.25) is 0 Å². The topological polar surface area (TPSA) is 348 Å². The van der Waals surface area contributed by atoms with Crippen LogP contribution in [0.15, 0.2) is 89.4 Å². The van der Waals surface area contributed by atoms with Gasteiger partial charge >= 0.3 is 0 Å². The summed E-state index contributed by atoms with van der Waals surface area (Å²) in [5.74, 6) is 13.3. The predicted octanol–water partition coefficient (Wildman–Crippen LogP) is 20.8. The van der Waals surface area contributed by atoms with Gasteiger partial charge in [0.25, 0.3) is 10.2 Å². The molecule has 9 fully saturated rings. The van der Waals surface area contributed by atoms with Crippen LogP contribution in [0.1, 0.15) is 336 Å². The molecule has 37 heteroatoms. The van der Waals surface area contributed by atoms with Gasteiger partial charge in [0.05, 0.1) is 44.2 Å². The zero-order chi connectivity index (χ0) is 113. The SMILES string of the molecule is CC(C)C1CCN(S(=O)(=O)C(C)(C)C)CC1.CC(C)C1CCN(S(=O)(=O)C(C)C)CC1.CC(C)C1CCN(S(=O)(=O)CC(C)(C)C)CC1.CC(C)C1CCN(S(=O)(=O)Cc2ccccc2)CC1.CC(C)C1CCN(S(=O)(=O)NC(C)(C)C)CC1.CC(C)C1CCN(S(=O)(=O)c2ccccc2)CC1.CC(C)C1CCN(S(C)(=O)=O)CC1.CC1C=CC(CS(=O)(=O)N2CCC(C(C)C)CC2)=C1.CCS(=O)(=O)N1CCC(C(C)C)CC1. The van der Waals surface area contributed by atoms with Gasteiger partial charge in [0.15, 0.2) is 0 Å². The van der Waals surface area contributed by atoms with Crippen LogP contribution in [0.5, 0.6) is 0 Å². The Labute approximate surface area is 908 Å². The van der Waals surface area contributed by atoms with E-state index in [1.807, 2.05) is 90.1 Å². The molecule has 0 bridgehead atoms. The van der Waals surface area contributed by atoms with E-state index in [1.54, 1.807) is 105 Å². The van der Waals surface area contributed by atoms with E-state index < -0.39 is 101 Å². The summed E-state index contributed by atoms with van der Waals surface area (Å²) in [5.41, 5.74) is 1.24. The summed E-state index contributed by atoms with van der Waals surface area (Å²) in [5, 5.41) is -0.284. The Kier molecular flexibility index (Phi) is 57.0. The second-order valence-corrected chi connectivity index (χ2v) is 69.1. The molecule has 0 saturated carbocycles. The number of hydrogen-bond donors (Lipinski definition) is 1. The number of rotatable bonds is 27. The van der Waals surface area contributed by atoms with Crippen LogP contribution in [-0.4, -0.2) is 271 Å². The first-order chi connectivity index (χ1) is 68.0. The monoisotopic (exact) mass is 2260 g/mol. The van der Waals surface area contributed by atoms with Gasteiger partial charge in [0, 0.05) is 123 Å². The minimum Gasteiger partial charge on any atom is -0.213 e. The van der Waals surface area contributed by atoms with Gasteiger partial charge in [-0.2, -0.15) is 21.8 Å². The number of piperidine rings is 9. The van der Waals surface area contributed by atoms with E-state index in [-0.39, 0.29) is 33.7 Å². The van der Waals surface area contributed by atoms with Crippen molar-refractivity contribution >= 4 is 90.4 Å². The lowest BCUT2D eigenvalue weighted by molar-refractivity contribution is 0.223. The maximum absolute atomic E-state index is 12.4. The zero-order valence-electron chi connectivity index (χ0n) is 97.9. The largest absolute Gasteiger partial charge is 0.279 e. The Bertz CT molecular complexity index is 5240. The molecule has 1 atom stereocenters. The summed E-state index contributed by atoms with van der Waals surface area (Å²) in [6.07, 6.45) is 25.4. The molecule has 9 heterocycles. The van der Waals surface area contributed by atoms with Crippen molar-refractivity contribution in [2.24, 2.45) is 118 Å².